The van der Waals surface area contributed by atoms with Gasteiger partial charge in [0.25, 0.3) is 0 Å². The van der Waals surface area contributed by atoms with Crippen LogP contribution in [0.2, 0.25) is 0 Å². The second-order valence-corrected chi connectivity index (χ2v) is 10.2. The van der Waals surface area contributed by atoms with Gasteiger partial charge in [0, 0.05) is 11.1 Å². The molecule has 0 aliphatic carbocycles. The van der Waals surface area contributed by atoms with Gasteiger partial charge in [-0.25, -0.2) is 0 Å². The Labute approximate surface area is 215 Å². The zero-order chi connectivity index (χ0) is 25.9. The second-order valence-electron chi connectivity index (χ2n) is 10.2. The van der Waals surface area contributed by atoms with E-state index in [9.17, 15) is 5.11 Å². The lowest BCUT2D eigenvalue weighted by molar-refractivity contribution is 0.00578. The van der Waals surface area contributed by atoms with Crippen LogP contribution in [0.4, 0.5) is 0 Å². The van der Waals surface area contributed by atoms with Gasteiger partial charge in [-0.05, 0) is 87.0 Å². The Bertz CT molecular complexity index is 1250. The Morgan fingerprint density at radius 3 is 2.06 bits per heavy atom. The fraction of sp³-hybridized carbons (Fsp3) is 0.290. The average Bonchev–Trinajstić information content (AvgIpc) is 3.06. The zero-order valence-electron chi connectivity index (χ0n) is 21.7. The van der Waals surface area contributed by atoms with Crippen LogP contribution in [0.5, 0.6) is 11.5 Å². The van der Waals surface area contributed by atoms with Gasteiger partial charge < -0.3 is 19.2 Å². The minimum absolute atomic E-state index is 0.209. The summed E-state index contributed by atoms with van der Waals surface area (Å²) < 4.78 is 19.0. The van der Waals surface area contributed by atoms with Gasteiger partial charge in [0.05, 0.1) is 11.2 Å². The zero-order valence-corrected chi connectivity index (χ0v) is 21.7. The van der Waals surface area contributed by atoms with Gasteiger partial charge in [-0.15, -0.1) is 13.2 Å². The van der Waals surface area contributed by atoms with Gasteiger partial charge in [0.1, 0.15) is 18.1 Å². The molecule has 3 aromatic rings. The Kier molecular flexibility index (Phi) is 7.44. The van der Waals surface area contributed by atoms with Crippen LogP contribution in [0.1, 0.15) is 44.4 Å². The van der Waals surface area contributed by atoms with E-state index in [1.807, 2.05) is 60.7 Å². The average molecular weight is 482 g/mol. The van der Waals surface area contributed by atoms with E-state index in [0.717, 1.165) is 46.1 Å². The van der Waals surface area contributed by atoms with Gasteiger partial charge in [-0.3, -0.25) is 0 Å². The molecule has 0 saturated carbocycles. The first-order chi connectivity index (χ1) is 17.1. The Morgan fingerprint density at radius 1 is 0.833 bits per heavy atom. The largest absolute Gasteiger partial charge is 0.507 e. The van der Waals surface area contributed by atoms with Crippen molar-refractivity contribution in [3.05, 3.63) is 103 Å². The van der Waals surface area contributed by atoms with Crippen molar-refractivity contribution >= 4 is 12.6 Å². The summed E-state index contributed by atoms with van der Waals surface area (Å²) in [5.41, 5.74) is 4.84. The highest BCUT2D eigenvalue weighted by Crippen LogP contribution is 2.39. The van der Waals surface area contributed by atoms with Gasteiger partial charge in [0.15, 0.2) is 0 Å². The van der Waals surface area contributed by atoms with Crippen LogP contribution in [0.3, 0.4) is 0 Å². The molecule has 0 unspecified atom stereocenters. The number of benzene rings is 3. The molecule has 36 heavy (non-hydrogen) atoms. The highest BCUT2D eigenvalue weighted by molar-refractivity contribution is 6.62. The molecule has 0 bridgehead atoms. The molecule has 0 aromatic heterocycles. The lowest BCUT2D eigenvalue weighted by Crippen LogP contribution is -2.41. The molecular weight excluding hydrogens is 447 g/mol. The van der Waals surface area contributed by atoms with Crippen LogP contribution >= 0.6 is 0 Å². The Balaban J connectivity index is 1.67. The van der Waals surface area contributed by atoms with E-state index >= 15 is 0 Å². The fourth-order valence-electron chi connectivity index (χ4n) is 4.32. The molecule has 0 spiro atoms. The maximum atomic E-state index is 10.7. The van der Waals surface area contributed by atoms with Crippen LogP contribution in [-0.2, 0) is 28.8 Å². The van der Waals surface area contributed by atoms with Crippen molar-refractivity contribution in [3.8, 4) is 22.6 Å². The molecule has 0 radical (unpaired) electrons. The number of rotatable bonds is 9. The number of phenols is 1. The van der Waals surface area contributed by atoms with Gasteiger partial charge in [0.2, 0.25) is 0 Å². The monoisotopic (exact) mass is 482 g/mol. The minimum Gasteiger partial charge on any atom is -0.507 e. The van der Waals surface area contributed by atoms with Crippen LogP contribution in [-0.4, -0.2) is 23.4 Å². The SMILES string of the molecule is C=CCc1ccc(O)c(-c2cc(CC=C)ccc2OCc2ccccc2B2OC(C)(C)C(C)(C)O2)c1. The molecule has 5 heteroatoms. The van der Waals surface area contributed by atoms with Gasteiger partial charge in [-0.1, -0.05) is 48.6 Å². The standard InChI is InChI=1S/C31H35BO4/c1-7-11-22-15-17-28(33)25(19-22)26-20-23(12-8-2)16-18-29(26)34-21-24-13-9-10-14-27(24)32-35-30(3,4)31(5,6)36-32/h7-10,13-20,33H,1-2,11-12,21H2,3-6H3. The van der Waals surface area contributed by atoms with Gasteiger partial charge >= 0.3 is 7.12 Å². The summed E-state index contributed by atoms with van der Waals surface area (Å²) in [6.07, 6.45) is 5.17. The van der Waals surface area contributed by atoms with Crippen LogP contribution in [0.15, 0.2) is 86.0 Å². The lowest BCUT2D eigenvalue weighted by Gasteiger charge is -2.32. The van der Waals surface area contributed by atoms with Crippen LogP contribution in [0, 0.1) is 0 Å². The number of hydrogen-bond donors (Lipinski definition) is 1. The molecule has 1 aliphatic rings. The fourth-order valence-corrected chi connectivity index (χ4v) is 4.32. The van der Waals surface area contributed by atoms with E-state index in [2.05, 4.69) is 46.9 Å². The normalized spacial score (nSPS) is 16.1. The molecule has 1 fully saturated rings. The topological polar surface area (TPSA) is 47.9 Å². The minimum atomic E-state index is -0.469. The van der Waals surface area contributed by atoms with Crippen LogP contribution in [0.25, 0.3) is 11.1 Å². The molecule has 0 amide bonds. The molecule has 4 rings (SSSR count). The number of allylic oxidation sites excluding steroid dienone is 2. The van der Waals surface area contributed by atoms with Crippen molar-refractivity contribution in [3.63, 3.8) is 0 Å². The number of aromatic hydroxyl groups is 1. The van der Waals surface area contributed by atoms with Crippen LogP contribution < -0.4 is 10.2 Å². The van der Waals surface area contributed by atoms with E-state index in [-0.39, 0.29) is 5.75 Å². The molecule has 0 atom stereocenters. The smallest absolute Gasteiger partial charge is 0.495 e. The molecule has 1 heterocycles. The maximum Gasteiger partial charge on any atom is 0.495 e. The predicted octanol–water partition coefficient (Wildman–Crippen LogP) is 6.39. The molecular formula is C31H35BO4. The molecule has 186 valence electrons. The predicted molar refractivity (Wildman–Crippen MR) is 148 cm³/mol. The third-order valence-corrected chi connectivity index (χ3v) is 7.10. The van der Waals surface area contributed by atoms with E-state index in [4.69, 9.17) is 14.0 Å². The summed E-state index contributed by atoms with van der Waals surface area (Å²) in [4.78, 5) is 0. The molecule has 1 aliphatic heterocycles. The summed E-state index contributed by atoms with van der Waals surface area (Å²) in [5.74, 6) is 0.902. The summed E-state index contributed by atoms with van der Waals surface area (Å²) in [6.45, 7) is 16.2. The molecule has 1 N–H and O–H groups in total. The van der Waals surface area contributed by atoms with E-state index in [1.54, 1.807) is 6.07 Å². The second kappa shape index (κ2) is 10.4. The van der Waals surface area contributed by atoms with Crippen molar-refractivity contribution in [2.24, 2.45) is 0 Å². The quantitative estimate of drug-likeness (QED) is 0.284. The number of phenolic OH excluding ortho intramolecular Hbond substituents is 1. The highest BCUT2D eigenvalue weighted by Gasteiger charge is 2.52. The van der Waals surface area contributed by atoms with Crippen molar-refractivity contribution in [1.29, 1.82) is 0 Å². The molecule has 4 nitrogen and oxygen atoms in total. The van der Waals surface area contributed by atoms with Crippen molar-refractivity contribution in [2.45, 2.75) is 58.3 Å². The van der Waals surface area contributed by atoms with E-state index < -0.39 is 18.3 Å². The van der Waals surface area contributed by atoms with Crippen molar-refractivity contribution in [1.82, 2.24) is 0 Å². The summed E-state index contributed by atoms with van der Waals surface area (Å²) >= 11 is 0. The highest BCUT2D eigenvalue weighted by atomic mass is 16.7. The number of ether oxygens (including phenoxy) is 1. The van der Waals surface area contributed by atoms with Crippen molar-refractivity contribution in [2.75, 3.05) is 0 Å². The first-order valence-corrected chi connectivity index (χ1v) is 12.4. The first kappa shape index (κ1) is 25.8. The molecule has 3 aromatic carbocycles. The van der Waals surface area contributed by atoms with Crippen molar-refractivity contribution < 1.29 is 19.2 Å². The Hall–Kier alpha value is -3.28. The third kappa shape index (κ3) is 5.28. The lowest BCUT2D eigenvalue weighted by atomic mass is 9.76. The summed E-state index contributed by atoms with van der Waals surface area (Å²) in [7, 11) is -0.469. The van der Waals surface area contributed by atoms with Gasteiger partial charge in [-0.2, -0.15) is 0 Å². The maximum absolute atomic E-state index is 10.7. The Morgan fingerprint density at radius 2 is 1.42 bits per heavy atom. The summed E-state index contributed by atoms with van der Waals surface area (Å²) in [6, 6.07) is 19.7. The third-order valence-electron chi connectivity index (χ3n) is 7.10. The van der Waals surface area contributed by atoms with E-state index in [1.165, 1.54) is 0 Å². The number of hydrogen-bond acceptors (Lipinski definition) is 4. The summed E-state index contributed by atoms with van der Waals surface area (Å²) in [5, 5.41) is 10.7. The van der Waals surface area contributed by atoms with E-state index in [0.29, 0.717) is 12.4 Å². The molecule has 1 saturated heterocycles. The first-order valence-electron chi connectivity index (χ1n) is 12.4.